The van der Waals surface area contributed by atoms with E-state index in [-0.39, 0.29) is 18.4 Å². The van der Waals surface area contributed by atoms with Gasteiger partial charge in [-0.2, -0.15) is 0 Å². The van der Waals surface area contributed by atoms with Crippen molar-refractivity contribution in [2.45, 2.75) is 25.5 Å². The summed E-state index contributed by atoms with van der Waals surface area (Å²) in [6.07, 6.45) is -0.114. The molecule has 7 nitrogen and oxygen atoms in total. The monoisotopic (exact) mass is 398 g/mol. The molecule has 0 spiro atoms. The highest BCUT2D eigenvalue weighted by Gasteiger charge is 2.36. The fourth-order valence-corrected chi connectivity index (χ4v) is 3.38. The summed E-state index contributed by atoms with van der Waals surface area (Å²) in [6.45, 7) is 2.36. The van der Waals surface area contributed by atoms with E-state index in [0.29, 0.717) is 30.0 Å². The Morgan fingerprint density at radius 1 is 1.17 bits per heavy atom. The molecule has 2 aromatic carbocycles. The third kappa shape index (κ3) is 5.06. The van der Waals surface area contributed by atoms with Crippen LogP contribution in [0.5, 0.6) is 11.5 Å². The van der Waals surface area contributed by atoms with Gasteiger partial charge in [-0.05, 0) is 36.6 Å². The maximum atomic E-state index is 12.8. The number of rotatable bonds is 7. The molecule has 0 aliphatic carbocycles. The highest BCUT2D eigenvalue weighted by molar-refractivity contribution is 5.86. The fraction of sp³-hybridized carbons (Fsp3) is 0.364. The number of carbonyl (C=O) groups excluding carboxylic acids is 2. The molecule has 0 aromatic heterocycles. The largest absolute Gasteiger partial charge is 0.493 e. The molecule has 2 aromatic rings. The molecule has 0 saturated carbocycles. The van der Waals surface area contributed by atoms with Crippen LogP contribution in [-0.2, 0) is 20.7 Å². The fourth-order valence-electron chi connectivity index (χ4n) is 3.38. The van der Waals surface area contributed by atoms with Crippen LogP contribution in [0.15, 0.2) is 42.5 Å². The Morgan fingerprint density at radius 2 is 1.97 bits per heavy atom. The van der Waals surface area contributed by atoms with E-state index in [4.69, 9.17) is 14.2 Å². The quantitative estimate of drug-likeness (QED) is 0.744. The molecule has 1 heterocycles. The van der Waals surface area contributed by atoms with Crippen molar-refractivity contribution in [2.75, 3.05) is 27.4 Å². The Morgan fingerprint density at radius 3 is 2.69 bits per heavy atom. The van der Waals surface area contributed by atoms with Crippen LogP contribution in [0.25, 0.3) is 0 Å². The van der Waals surface area contributed by atoms with E-state index < -0.39 is 12.1 Å². The Kier molecular flexibility index (Phi) is 6.72. The summed E-state index contributed by atoms with van der Waals surface area (Å²) < 4.78 is 16.2. The third-order valence-electron chi connectivity index (χ3n) is 4.83. The number of aryl methyl sites for hydroxylation is 1. The highest BCUT2D eigenvalue weighted by atomic mass is 16.5. The van der Waals surface area contributed by atoms with Gasteiger partial charge in [-0.25, -0.2) is 0 Å². The molecule has 0 bridgehead atoms. The number of hydrogen-bond donors (Lipinski definition) is 2. The molecule has 3 rings (SSSR count). The number of benzene rings is 2. The topological polar surface area (TPSA) is 85.9 Å². The van der Waals surface area contributed by atoms with Gasteiger partial charge < -0.3 is 24.8 Å². The van der Waals surface area contributed by atoms with E-state index in [9.17, 15) is 9.59 Å². The lowest BCUT2D eigenvalue weighted by Gasteiger charge is -2.32. The number of hydrogen-bond acceptors (Lipinski definition) is 5. The summed E-state index contributed by atoms with van der Waals surface area (Å²) in [4.78, 5) is 24.7. The second kappa shape index (κ2) is 9.43. The molecule has 0 radical (unpaired) electrons. The number of amides is 2. The first-order valence-electron chi connectivity index (χ1n) is 9.48. The lowest BCUT2D eigenvalue weighted by Crippen LogP contribution is -2.52. The Labute approximate surface area is 170 Å². The van der Waals surface area contributed by atoms with Gasteiger partial charge in [0.15, 0.2) is 17.6 Å². The summed E-state index contributed by atoms with van der Waals surface area (Å²) in [5, 5.41) is 5.76. The summed E-state index contributed by atoms with van der Waals surface area (Å²) in [7, 11) is 3.08. The Bertz CT molecular complexity index is 883. The molecule has 29 heavy (non-hydrogen) atoms. The average molecular weight is 398 g/mol. The highest BCUT2D eigenvalue weighted by Crippen LogP contribution is 2.32. The summed E-state index contributed by atoms with van der Waals surface area (Å²) >= 11 is 0. The van der Waals surface area contributed by atoms with Crippen LogP contribution in [0.4, 0.5) is 0 Å². The van der Waals surface area contributed by atoms with Crippen molar-refractivity contribution in [3.8, 4) is 11.5 Å². The van der Waals surface area contributed by atoms with Crippen molar-refractivity contribution in [1.82, 2.24) is 10.6 Å². The number of methoxy groups -OCH3 is 2. The minimum atomic E-state index is -0.830. The SMILES string of the molecule is COc1ccc([C@H]2NC(=O)CO[C@@H]2C(=O)NCCc2cccc(C)c2)cc1OC. The first-order valence-corrected chi connectivity index (χ1v) is 9.48. The van der Waals surface area contributed by atoms with Gasteiger partial charge in [-0.15, -0.1) is 0 Å². The van der Waals surface area contributed by atoms with Crippen LogP contribution >= 0.6 is 0 Å². The van der Waals surface area contributed by atoms with E-state index in [1.807, 2.05) is 25.1 Å². The van der Waals surface area contributed by atoms with Crippen LogP contribution < -0.4 is 20.1 Å². The summed E-state index contributed by atoms with van der Waals surface area (Å²) in [6, 6.07) is 12.8. The molecular formula is C22H26N2O5. The van der Waals surface area contributed by atoms with Crippen LogP contribution in [-0.4, -0.2) is 45.3 Å². The van der Waals surface area contributed by atoms with E-state index in [1.54, 1.807) is 25.3 Å². The van der Waals surface area contributed by atoms with Crippen LogP contribution in [0.3, 0.4) is 0 Å². The molecular weight excluding hydrogens is 372 g/mol. The van der Waals surface area contributed by atoms with Crippen molar-refractivity contribution in [2.24, 2.45) is 0 Å². The predicted octanol–water partition coefficient (Wildman–Crippen LogP) is 1.93. The molecule has 2 atom stereocenters. The standard InChI is InChI=1S/C22H26N2O5/c1-14-5-4-6-15(11-14)9-10-23-22(26)21-20(24-19(25)13-29-21)16-7-8-17(27-2)18(12-16)28-3/h4-8,11-12,20-21H,9-10,13H2,1-3H3,(H,23,26)(H,24,25)/t20-,21+/m1/s1. The van der Waals surface area contributed by atoms with Gasteiger partial charge in [0.05, 0.1) is 20.3 Å². The first kappa shape index (κ1) is 20.7. The average Bonchev–Trinajstić information content (AvgIpc) is 2.73. The Balaban J connectivity index is 1.70. The van der Waals surface area contributed by atoms with Crippen molar-refractivity contribution in [3.63, 3.8) is 0 Å². The van der Waals surface area contributed by atoms with Gasteiger partial charge in [-0.3, -0.25) is 9.59 Å². The first-order chi connectivity index (χ1) is 14.0. The van der Waals surface area contributed by atoms with E-state index in [1.165, 1.54) is 12.7 Å². The molecule has 0 unspecified atom stereocenters. The Hall–Kier alpha value is -3.06. The zero-order valence-corrected chi connectivity index (χ0v) is 16.9. The molecule has 154 valence electrons. The second-order valence-corrected chi connectivity index (χ2v) is 6.92. The van der Waals surface area contributed by atoms with E-state index in [0.717, 1.165) is 5.56 Å². The van der Waals surface area contributed by atoms with Crippen molar-refractivity contribution in [3.05, 3.63) is 59.2 Å². The zero-order valence-electron chi connectivity index (χ0n) is 16.9. The maximum Gasteiger partial charge on any atom is 0.251 e. The maximum absolute atomic E-state index is 12.8. The molecule has 7 heteroatoms. The molecule has 1 aliphatic rings. The molecule has 1 aliphatic heterocycles. The summed E-state index contributed by atoms with van der Waals surface area (Å²) in [5.41, 5.74) is 3.04. The molecule has 1 fully saturated rings. The van der Waals surface area contributed by atoms with E-state index >= 15 is 0 Å². The number of morpholine rings is 1. The number of ether oxygens (including phenoxy) is 3. The predicted molar refractivity (Wildman–Crippen MR) is 108 cm³/mol. The number of nitrogens with one attached hydrogen (secondary N) is 2. The minimum absolute atomic E-state index is 0.153. The van der Waals surface area contributed by atoms with Gasteiger partial charge in [0.2, 0.25) is 5.91 Å². The second-order valence-electron chi connectivity index (χ2n) is 6.92. The summed E-state index contributed by atoms with van der Waals surface area (Å²) in [5.74, 6) is 0.549. The lowest BCUT2D eigenvalue weighted by molar-refractivity contribution is -0.148. The van der Waals surface area contributed by atoms with Crippen LogP contribution in [0, 0.1) is 6.92 Å². The normalized spacial score (nSPS) is 18.7. The van der Waals surface area contributed by atoms with Crippen LogP contribution in [0.2, 0.25) is 0 Å². The van der Waals surface area contributed by atoms with Gasteiger partial charge in [-0.1, -0.05) is 35.9 Å². The van der Waals surface area contributed by atoms with Crippen molar-refractivity contribution < 1.29 is 23.8 Å². The van der Waals surface area contributed by atoms with Crippen molar-refractivity contribution in [1.29, 1.82) is 0 Å². The minimum Gasteiger partial charge on any atom is -0.493 e. The van der Waals surface area contributed by atoms with Gasteiger partial charge in [0, 0.05) is 6.54 Å². The molecule has 2 N–H and O–H groups in total. The van der Waals surface area contributed by atoms with E-state index in [2.05, 4.69) is 16.7 Å². The smallest absolute Gasteiger partial charge is 0.251 e. The van der Waals surface area contributed by atoms with Gasteiger partial charge in [0.1, 0.15) is 6.61 Å². The van der Waals surface area contributed by atoms with Gasteiger partial charge >= 0.3 is 0 Å². The molecule has 1 saturated heterocycles. The lowest BCUT2D eigenvalue weighted by atomic mass is 9.98. The van der Waals surface area contributed by atoms with Gasteiger partial charge in [0.25, 0.3) is 5.91 Å². The third-order valence-corrected chi connectivity index (χ3v) is 4.83. The molecule has 2 amide bonds. The number of carbonyl (C=O) groups is 2. The van der Waals surface area contributed by atoms with Crippen molar-refractivity contribution >= 4 is 11.8 Å². The zero-order chi connectivity index (χ0) is 20.8. The van der Waals surface area contributed by atoms with Crippen LogP contribution in [0.1, 0.15) is 22.7 Å².